The third kappa shape index (κ3) is 2.07. The minimum Gasteiger partial charge on any atom is -0.263 e. The van der Waals surface area contributed by atoms with Crippen LogP contribution in [-0.2, 0) is 0 Å². The third-order valence-electron chi connectivity index (χ3n) is 2.69. The maximum Gasteiger partial charge on any atom is 0.0818 e. The van der Waals surface area contributed by atoms with E-state index in [1.807, 2.05) is 41.3 Å². The van der Waals surface area contributed by atoms with Crippen LogP contribution in [0.25, 0.3) is 16.8 Å². The van der Waals surface area contributed by atoms with Gasteiger partial charge < -0.3 is 0 Å². The Balaban J connectivity index is 2.03. The Labute approximate surface area is 113 Å². The Hall–Kier alpha value is -1.94. The lowest BCUT2D eigenvalue weighted by molar-refractivity contribution is 0.873. The molecule has 0 aliphatic rings. The standard InChI is InChI=1S/C14H10BrN3/c15-13-9-16-7-6-14(13)18-10-12(8-17-18)11-4-2-1-3-5-11/h1-10H. The molecule has 0 aliphatic carbocycles. The Kier molecular flexibility index (Phi) is 2.94. The molecule has 0 saturated heterocycles. The van der Waals surface area contributed by atoms with Gasteiger partial charge in [-0.15, -0.1) is 0 Å². The summed E-state index contributed by atoms with van der Waals surface area (Å²) < 4.78 is 2.77. The molecule has 0 aliphatic heterocycles. The van der Waals surface area contributed by atoms with Crippen LogP contribution in [0.15, 0.2) is 65.7 Å². The first-order chi connectivity index (χ1) is 8.84. The third-order valence-corrected chi connectivity index (χ3v) is 3.30. The fourth-order valence-corrected chi connectivity index (χ4v) is 2.22. The number of benzene rings is 1. The van der Waals surface area contributed by atoms with Crippen molar-refractivity contribution < 1.29 is 0 Å². The SMILES string of the molecule is Brc1cnccc1-n1cc(-c2ccccc2)cn1. The van der Waals surface area contributed by atoms with Gasteiger partial charge in [0.2, 0.25) is 0 Å². The molecule has 3 nitrogen and oxygen atoms in total. The topological polar surface area (TPSA) is 30.7 Å². The van der Waals surface area contributed by atoms with E-state index < -0.39 is 0 Å². The monoisotopic (exact) mass is 299 g/mol. The summed E-state index contributed by atoms with van der Waals surface area (Å²) in [6, 6.07) is 12.1. The summed E-state index contributed by atoms with van der Waals surface area (Å²) in [6.07, 6.45) is 7.39. The van der Waals surface area contributed by atoms with Crippen LogP contribution in [0, 0.1) is 0 Å². The summed E-state index contributed by atoms with van der Waals surface area (Å²) in [5.74, 6) is 0. The lowest BCUT2D eigenvalue weighted by atomic mass is 10.1. The molecular formula is C14H10BrN3. The molecule has 4 heteroatoms. The number of hydrogen-bond acceptors (Lipinski definition) is 2. The highest BCUT2D eigenvalue weighted by Gasteiger charge is 2.05. The molecule has 1 aromatic carbocycles. The molecule has 0 bridgehead atoms. The van der Waals surface area contributed by atoms with E-state index in [1.54, 1.807) is 12.4 Å². The molecule has 3 aromatic rings. The summed E-state index contributed by atoms with van der Waals surface area (Å²) in [7, 11) is 0. The zero-order valence-electron chi connectivity index (χ0n) is 9.49. The largest absolute Gasteiger partial charge is 0.263 e. The second-order valence-corrected chi connectivity index (χ2v) is 4.72. The normalized spacial score (nSPS) is 10.5. The quantitative estimate of drug-likeness (QED) is 0.722. The molecule has 0 saturated carbocycles. The molecular weight excluding hydrogens is 290 g/mol. The van der Waals surface area contributed by atoms with Gasteiger partial charge in [0, 0.05) is 24.2 Å². The Morgan fingerprint density at radius 3 is 2.56 bits per heavy atom. The summed E-state index contributed by atoms with van der Waals surface area (Å²) in [6.45, 7) is 0. The van der Waals surface area contributed by atoms with Gasteiger partial charge in [-0.05, 0) is 27.6 Å². The molecule has 88 valence electrons. The second-order valence-electron chi connectivity index (χ2n) is 3.87. The number of halogens is 1. The summed E-state index contributed by atoms with van der Waals surface area (Å²) in [5.41, 5.74) is 3.24. The van der Waals surface area contributed by atoms with Crippen molar-refractivity contribution >= 4 is 15.9 Å². The Morgan fingerprint density at radius 2 is 1.78 bits per heavy atom. The van der Waals surface area contributed by atoms with Crippen molar-refractivity contribution in [1.29, 1.82) is 0 Å². The van der Waals surface area contributed by atoms with Crippen LogP contribution in [0.3, 0.4) is 0 Å². The highest BCUT2D eigenvalue weighted by Crippen LogP contribution is 2.22. The van der Waals surface area contributed by atoms with E-state index in [0.717, 1.165) is 21.3 Å². The first kappa shape index (κ1) is 11.2. The molecule has 0 atom stereocenters. The zero-order chi connectivity index (χ0) is 12.4. The fraction of sp³-hybridized carbons (Fsp3) is 0. The average molecular weight is 300 g/mol. The van der Waals surface area contributed by atoms with Crippen molar-refractivity contribution in [3.05, 3.63) is 65.7 Å². The van der Waals surface area contributed by atoms with Gasteiger partial charge in [-0.3, -0.25) is 4.98 Å². The van der Waals surface area contributed by atoms with Crippen LogP contribution in [0.2, 0.25) is 0 Å². The van der Waals surface area contributed by atoms with Gasteiger partial charge in [-0.1, -0.05) is 30.3 Å². The van der Waals surface area contributed by atoms with Gasteiger partial charge in [0.1, 0.15) is 0 Å². The Bertz CT molecular complexity index is 662. The van der Waals surface area contributed by atoms with E-state index in [9.17, 15) is 0 Å². The summed E-state index contributed by atoms with van der Waals surface area (Å²) in [4.78, 5) is 4.05. The van der Waals surface area contributed by atoms with Crippen molar-refractivity contribution in [2.45, 2.75) is 0 Å². The van der Waals surface area contributed by atoms with Crippen LogP contribution in [0.4, 0.5) is 0 Å². The van der Waals surface area contributed by atoms with Crippen molar-refractivity contribution in [1.82, 2.24) is 14.8 Å². The van der Waals surface area contributed by atoms with Gasteiger partial charge in [0.05, 0.1) is 16.4 Å². The minimum atomic E-state index is 0.924. The van der Waals surface area contributed by atoms with E-state index in [-0.39, 0.29) is 0 Å². The smallest absolute Gasteiger partial charge is 0.0818 e. The molecule has 0 radical (unpaired) electrons. The predicted octanol–water partition coefficient (Wildman–Crippen LogP) is 3.70. The molecule has 0 unspecified atom stereocenters. The molecule has 18 heavy (non-hydrogen) atoms. The zero-order valence-corrected chi connectivity index (χ0v) is 11.1. The molecule has 2 aromatic heterocycles. The lowest BCUT2D eigenvalue weighted by Gasteiger charge is -2.02. The number of aromatic nitrogens is 3. The highest BCUT2D eigenvalue weighted by molar-refractivity contribution is 9.10. The molecule has 3 rings (SSSR count). The number of hydrogen-bond donors (Lipinski definition) is 0. The first-order valence-corrected chi connectivity index (χ1v) is 6.34. The van der Waals surface area contributed by atoms with Crippen molar-refractivity contribution in [3.63, 3.8) is 0 Å². The van der Waals surface area contributed by atoms with E-state index in [0.29, 0.717) is 0 Å². The van der Waals surface area contributed by atoms with E-state index in [4.69, 9.17) is 0 Å². The number of pyridine rings is 1. The van der Waals surface area contributed by atoms with Crippen LogP contribution in [-0.4, -0.2) is 14.8 Å². The van der Waals surface area contributed by atoms with Gasteiger partial charge in [-0.2, -0.15) is 5.10 Å². The number of rotatable bonds is 2. The van der Waals surface area contributed by atoms with Gasteiger partial charge in [-0.25, -0.2) is 4.68 Å². The van der Waals surface area contributed by atoms with Crippen LogP contribution < -0.4 is 0 Å². The average Bonchev–Trinajstić information content (AvgIpc) is 2.90. The van der Waals surface area contributed by atoms with E-state index >= 15 is 0 Å². The summed E-state index contributed by atoms with van der Waals surface area (Å²) in [5, 5.41) is 4.38. The molecule has 0 spiro atoms. The predicted molar refractivity (Wildman–Crippen MR) is 74.5 cm³/mol. The fourth-order valence-electron chi connectivity index (χ4n) is 1.79. The lowest BCUT2D eigenvalue weighted by Crippen LogP contribution is -1.95. The highest BCUT2D eigenvalue weighted by atomic mass is 79.9. The van der Waals surface area contributed by atoms with E-state index in [1.165, 1.54) is 0 Å². The van der Waals surface area contributed by atoms with Crippen molar-refractivity contribution in [2.24, 2.45) is 0 Å². The van der Waals surface area contributed by atoms with Crippen molar-refractivity contribution in [3.8, 4) is 16.8 Å². The summed E-state index contributed by atoms with van der Waals surface area (Å²) >= 11 is 3.48. The van der Waals surface area contributed by atoms with Crippen LogP contribution >= 0.6 is 15.9 Å². The first-order valence-electron chi connectivity index (χ1n) is 5.54. The second kappa shape index (κ2) is 4.74. The Morgan fingerprint density at radius 1 is 0.944 bits per heavy atom. The molecule has 0 amide bonds. The van der Waals surface area contributed by atoms with Gasteiger partial charge in [0.25, 0.3) is 0 Å². The van der Waals surface area contributed by atoms with E-state index in [2.05, 4.69) is 38.1 Å². The minimum absolute atomic E-state index is 0.924. The maximum absolute atomic E-state index is 4.38. The van der Waals surface area contributed by atoms with Crippen molar-refractivity contribution in [2.75, 3.05) is 0 Å². The maximum atomic E-state index is 4.38. The van der Waals surface area contributed by atoms with Gasteiger partial charge in [0.15, 0.2) is 0 Å². The number of nitrogens with zero attached hydrogens (tertiary/aromatic N) is 3. The van der Waals surface area contributed by atoms with Gasteiger partial charge >= 0.3 is 0 Å². The van der Waals surface area contributed by atoms with Crippen LogP contribution in [0.5, 0.6) is 0 Å². The van der Waals surface area contributed by atoms with Crippen LogP contribution in [0.1, 0.15) is 0 Å². The molecule has 0 fully saturated rings. The molecule has 0 N–H and O–H groups in total. The molecule has 2 heterocycles.